The number of halogens is 2. The molecule has 0 unspecified atom stereocenters. The first-order valence-corrected chi connectivity index (χ1v) is 6.11. The molecule has 0 amide bonds. The van der Waals surface area contributed by atoms with Gasteiger partial charge in [-0.15, -0.1) is 0 Å². The van der Waals surface area contributed by atoms with Crippen molar-refractivity contribution in [3.05, 3.63) is 59.2 Å². The summed E-state index contributed by atoms with van der Waals surface area (Å²) in [5, 5.41) is 1.51. The monoisotopic (exact) mass is 246 g/mol. The molecule has 0 saturated heterocycles. The molecule has 0 nitrogen and oxygen atoms in total. The first-order valence-electron chi connectivity index (χ1n) is 6.11. The Kier molecular flexibility index (Phi) is 3.75. The van der Waals surface area contributed by atoms with Gasteiger partial charge in [-0.1, -0.05) is 12.2 Å². The summed E-state index contributed by atoms with van der Waals surface area (Å²) < 4.78 is 27.3. The highest BCUT2D eigenvalue weighted by atomic mass is 19.1. The van der Waals surface area contributed by atoms with Gasteiger partial charge in [0.2, 0.25) is 0 Å². The van der Waals surface area contributed by atoms with Crippen molar-refractivity contribution in [3.63, 3.8) is 0 Å². The van der Waals surface area contributed by atoms with Crippen LogP contribution in [0.3, 0.4) is 0 Å². The highest BCUT2D eigenvalue weighted by molar-refractivity contribution is 5.84. The second-order valence-corrected chi connectivity index (χ2v) is 4.50. The topological polar surface area (TPSA) is 0 Å². The van der Waals surface area contributed by atoms with Gasteiger partial charge in [-0.05, 0) is 72.9 Å². The molecule has 0 heterocycles. The summed E-state index contributed by atoms with van der Waals surface area (Å²) in [5.41, 5.74) is 1.19. The molecule has 0 radical (unpaired) electrons. The number of aryl methyl sites for hydroxylation is 2. The van der Waals surface area contributed by atoms with E-state index in [0.29, 0.717) is 17.5 Å². The van der Waals surface area contributed by atoms with E-state index in [1.807, 2.05) is 19.1 Å². The van der Waals surface area contributed by atoms with Crippen molar-refractivity contribution < 1.29 is 8.78 Å². The van der Waals surface area contributed by atoms with Gasteiger partial charge in [0.15, 0.2) is 0 Å². The third kappa shape index (κ3) is 2.58. The Morgan fingerprint density at radius 1 is 1.00 bits per heavy atom. The fourth-order valence-corrected chi connectivity index (χ4v) is 2.05. The molecule has 0 aliphatic carbocycles. The highest BCUT2D eigenvalue weighted by Crippen LogP contribution is 2.23. The van der Waals surface area contributed by atoms with Crippen LogP contribution in [0.15, 0.2) is 36.4 Å². The molecule has 2 aromatic carbocycles. The molecule has 0 fully saturated rings. The Bertz CT molecular complexity index is 598. The predicted molar refractivity (Wildman–Crippen MR) is 71.7 cm³/mol. The minimum absolute atomic E-state index is 0.210. The SMILES string of the molecule is C/C=C/CCc1cc2cc(F)c(C)cc2cc1F. The van der Waals surface area contributed by atoms with Crippen LogP contribution in [0.25, 0.3) is 10.8 Å². The minimum atomic E-state index is -0.242. The number of fused-ring (bicyclic) bond motifs is 1. The molecule has 0 aromatic heterocycles. The van der Waals surface area contributed by atoms with E-state index in [9.17, 15) is 8.78 Å². The Morgan fingerprint density at radius 2 is 1.67 bits per heavy atom. The van der Waals surface area contributed by atoms with Gasteiger partial charge in [0.1, 0.15) is 11.6 Å². The van der Waals surface area contributed by atoms with E-state index >= 15 is 0 Å². The lowest BCUT2D eigenvalue weighted by molar-refractivity contribution is 0.610. The molecule has 2 aromatic rings. The van der Waals surface area contributed by atoms with Crippen LogP contribution in [0.4, 0.5) is 8.78 Å². The molecule has 0 aliphatic heterocycles. The molecule has 0 spiro atoms. The zero-order chi connectivity index (χ0) is 13.1. The molecule has 2 heteroatoms. The van der Waals surface area contributed by atoms with E-state index in [0.717, 1.165) is 17.2 Å². The number of benzene rings is 2. The maximum atomic E-state index is 13.9. The van der Waals surface area contributed by atoms with Crippen LogP contribution < -0.4 is 0 Å². The van der Waals surface area contributed by atoms with Crippen molar-refractivity contribution in [2.24, 2.45) is 0 Å². The first kappa shape index (κ1) is 12.7. The summed E-state index contributed by atoms with van der Waals surface area (Å²) in [6.45, 7) is 3.63. The quantitative estimate of drug-likeness (QED) is 0.673. The Balaban J connectivity index is 2.44. The molecule has 0 atom stereocenters. The molecule has 0 bridgehead atoms. The number of allylic oxidation sites excluding steroid dienone is 2. The lowest BCUT2D eigenvalue weighted by Crippen LogP contribution is -1.92. The third-order valence-corrected chi connectivity index (χ3v) is 3.10. The fourth-order valence-electron chi connectivity index (χ4n) is 2.05. The van der Waals surface area contributed by atoms with Gasteiger partial charge in [0.05, 0.1) is 0 Å². The zero-order valence-corrected chi connectivity index (χ0v) is 10.6. The predicted octanol–water partition coefficient (Wildman–Crippen LogP) is 4.94. The average molecular weight is 246 g/mol. The van der Waals surface area contributed by atoms with E-state index in [-0.39, 0.29) is 11.6 Å². The van der Waals surface area contributed by atoms with Gasteiger partial charge >= 0.3 is 0 Å². The lowest BCUT2D eigenvalue weighted by Gasteiger charge is -2.06. The van der Waals surface area contributed by atoms with Crippen LogP contribution in [-0.4, -0.2) is 0 Å². The second kappa shape index (κ2) is 5.30. The summed E-state index contributed by atoms with van der Waals surface area (Å²) in [7, 11) is 0. The van der Waals surface area contributed by atoms with Crippen molar-refractivity contribution in [2.75, 3.05) is 0 Å². The molecular weight excluding hydrogens is 230 g/mol. The van der Waals surface area contributed by atoms with E-state index in [1.165, 1.54) is 12.1 Å². The number of hydrogen-bond donors (Lipinski definition) is 0. The molecule has 94 valence electrons. The van der Waals surface area contributed by atoms with Gasteiger partial charge in [-0.25, -0.2) is 8.78 Å². The third-order valence-electron chi connectivity index (χ3n) is 3.10. The van der Waals surface area contributed by atoms with Crippen molar-refractivity contribution in [3.8, 4) is 0 Å². The van der Waals surface area contributed by atoms with Gasteiger partial charge < -0.3 is 0 Å². The van der Waals surface area contributed by atoms with E-state index in [1.54, 1.807) is 19.1 Å². The first-order chi connectivity index (χ1) is 8.61. The molecular formula is C16H16F2. The molecule has 0 saturated carbocycles. The molecule has 0 N–H and O–H groups in total. The Labute approximate surface area is 106 Å². The van der Waals surface area contributed by atoms with E-state index in [2.05, 4.69) is 0 Å². The maximum absolute atomic E-state index is 13.9. The summed E-state index contributed by atoms with van der Waals surface area (Å²) in [6, 6.07) is 6.40. The van der Waals surface area contributed by atoms with E-state index < -0.39 is 0 Å². The average Bonchev–Trinajstić information content (AvgIpc) is 2.33. The molecule has 0 aliphatic rings. The fraction of sp³-hybridized carbons (Fsp3) is 0.250. The van der Waals surface area contributed by atoms with Crippen LogP contribution in [0.5, 0.6) is 0 Å². The van der Waals surface area contributed by atoms with Crippen LogP contribution in [-0.2, 0) is 6.42 Å². The molecule has 2 rings (SSSR count). The van der Waals surface area contributed by atoms with Crippen molar-refractivity contribution in [2.45, 2.75) is 26.7 Å². The van der Waals surface area contributed by atoms with Crippen molar-refractivity contribution in [1.82, 2.24) is 0 Å². The largest absolute Gasteiger partial charge is 0.207 e. The highest BCUT2D eigenvalue weighted by Gasteiger charge is 2.06. The van der Waals surface area contributed by atoms with Gasteiger partial charge in [0, 0.05) is 0 Å². The number of rotatable bonds is 3. The van der Waals surface area contributed by atoms with Crippen LogP contribution in [0.2, 0.25) is 0 Å². The van der Waals surface area contributed by atoms with Crippen LogP contribution >= 0.6 is 0 Å². The normalized spacial score (nSPS) is 11.6. The van der Waals surface area contributed by atoms with Crippen molar-refractivity contribution >= 4 is 10.8 Å². The minimum Gasteiger partial charge on any atom is -0.207 e. The second-order valence-electron chi connectivity index (χ2n) is 4.50. The van der Waals surface area contributed by atoms with Gasteiger partial charge in [-0.3, -0.25) is 0 Å². The molecule has 18 heavy (non-hydrogen) atoms. The summed E-state index contributed by atoms with van der Waals surface area (Å²) in [4.78, 5) is 0. The van der Waals surface area contributed by atoms with Crippen LogP contribution in [0.1, 0.15) is 24.5 Å². The van der Waals surface area contributed by atoms with Gasteiger partial charge in [-0.2, -0.15) is 0 Å². The zero-order valence-electron chi connectivity index (χ0n) is 10.6. The Hall–Kier alpha value is -1.70. The van der Waals surface area contributed by atoms with Crippen molar-refractivity contribution in [1.29, 1.82) is 0 Å². The summed E-state index contributed by atoms with van der Waals surface area (Å²) >= 11 is 0. The standard InChI is InChI=1S/C16H16F2/c1-3-4-5-6-12-8-14-9-15(17)11(2)7-13(14)10-16(12)18/h3-4,7-10H,5-6H2,1-2H3/b4-3+. The summed E-state index contributed by atoms with van der Waals surface area (Å²) in [6.07, 6.45) is 5.39. The number of hydrogen-bond acceptors (Lipinski definition) is 0. The van der Waals surface area contributed by atoms with Gasteiger partial charge in [0.25, 0.3) is 0 Å². The maximum Gasteiger partial charge on any atom is 0.127 e. The lowest BCUT2D eigenvalue weighted by atomic mass is 10.0. The van der Waals surface area contributed by atoms with E-state index in [4.69, 9.17) is 0 Å². The Morgan fingerprint density at radius 3 is 2.39 bits per heavy atom. The van der Waals surface area contributed by atoms with Crippen LogP contribution in [0, 0.1) is 18.6 Å². The summed E-state index contributed by atoms with van der Waals surface area (Å²) in [5.74, 6) is -0.452. The smallest absolute Gasteiger partial charge is 0.127 e.